The van der Waals surface area contributed by atoms with Crippen molar-refractivity contribution in [2.24, 2.45) is 5.92 Å². The number of halogens is 3. The van der Waals surface area contributed by atoms with Gasteiger partial charge in [0.05, 0.1) is 5.56 Å². The molecule has 1 N–H and O–H groups in total. The molecule has 0 saturated carbocycles. The van der Waals surface area contributed by atoms with Crippen LogP contribution in [0.5, 0.6) is 0 Å². The van der Waals surface area contributed by atoms with E-state index >= 15 is 0 Å². The van der Waals surface area contributed by atoms with Gasteiger partial charge < -0.3 is 10.0 Å². The summed E-state index contributed by atoms with van der Waals surface area (Å²) in [7, 11) is 0. The van der Waals surface area contributed by atoms with Gasteiger partial charge in [-0.15, -0.1) is 0 Å². The summed E-state index contributed by atoms with van der Waals surface area (Å²) in [6, 6.07) is 1.69. The maximum atomic E-state index is 12.4. The van der Waals surface area contributed by atoms with Crippen LogP contribution >= 0.6 is 0 Å². The second kappa shape index (κ2) is 6.55. The third-order valence-electron chi connectivity index (χ3n) is 2.51. The molecule has 5 nitrogen and oxygen atoms in total. The van der Waals surface area contributed by atoms with E-state index in [0.29, 0.717) is 6.20 Å². The topological polar surface area (TPSA) is 70.5 Å². The highest BCUT2D eigenvalue weighted by molar-refractivity contribution is 5.94. The molecule has 1 amide bonds. The Morgan fingerprint density at radius 2 is 1.95 bits per heavy atom. The quantitative estimate of drug-likeness (QED) is 0.906. The summed E-state index contributed by atoms with van der Waals surface area (Å²) >= 11 is 0. The summed E-state index contributed by atoms with van der Waals surface area (Å²) in [6.07, 6.45) is -3.98. The minimum absolute atomic E-state index is 0.0164. The van der Waals surface area contributed by atoms with E-state index in [1.165, 1.54) is 0 Å². The van der Waals surface area contributed by atoms with E-state index in [-0.39, 0.29) is 18.2 Å². The van der Waals surface area contributed by atoms with Crippen molar-refractivity contribution in [2.45, 2.75) is 20.0 Å². The minimum Gasteiger partial charge on any atom is -0.480 e. The predicted octanol–water partition coefficient (Wildman–Crippen LogP) is 2.28. The molecule has 0 spiro atoms. The third-order valence-corrected chi connectivity index (χ3v) is 2.51. The lowest BCUT2D eigenvalue weighted by Gasteiger charge is -2.22. The number of aromatic nitrogens is 1. The number of hydrogen-bond acceptors (Lipinski definition) is 3. The van der Waals surface area contributed by atoms with Crippen LogP contribution in [0.25, 0.3) is 0 Å². The van der Waals surface area contributed by atoms with Gasteiger partial charge in [-0.25, -0.2) is 0 Å². The Kier molecular flexibility index (Phi) is 5.28. The Hall–Kier alpha value is -2.12. The smallest absolute Gasteiger partial charge is 0.417 e. The molecule has 1 heterocycles. The lowest BCUT2D eigenvalue weighted by atomic mass is 10.2. The molecule has 0 radical (unpaired) electrons. The molecule has 116 valence electrons. The van der Waals surface area contributed by atoms with Gasteiger partial charge in [-0.05, 0) is 18.1 Å². The molecule has 0 aliphatic rings. The van der Waals surface area contributed by atoms with Crippen molar-refractivity contribution in [1.29, 1.82) is 0 Å². The standard InChI is InChI=1S/C13H15F3N2O3/c1-8(2)6-18(7-11(19)20)12(21)10-4-3-9(5-17-10)13(14,15)16/h3-5,8H,6-7H2,1-2H3,(H,19,20). The molecule has 0 saturated heterocycles. The van der Waals surface area contributed by atoms with Gasteiger partial charge in [0.25, 0.3) is 5.91 Å². The average Bonchev–Trinajstić information content (AvgIpc) is 2.35. The second-order valence-corrected chi connectivity index (χ2v) is 4.90. The Morgan fingerprint density at radius 1 is 1.33 bits per heavy atom. The minimum atomic E-state index is -4.53. The van der Waals surface area contributed by atoms with Crippen LogP contribution in [0.15, 0.2) is 18.3 Å². The lowest BCUT2D eigenvalue weighted by Crippen LogP contribution is -2.38. The molecule has 0 aliphatic carbocycles. The van der Waals surface area contributed by atoms with Crippen LogP contribution in [0, 0.1) is 5.92 Å². The Bertz CT molecular complexity index is 512. The monoisotopic (exact) mass is 304 g/mol. The highest BCUT2D eigenvalue weighted by atomic mass is 19.4. The Morgan fingerprint density at radius 3 is 2.33 bits per heavy atom. The molecule has 8 heteroatoms. The molecule has 1 aromatic heterocycles. The predicted molar refractivity (Wildman–Crippen MR) is 67.6 cm³/mol. The zero-order valence-corrected chi connectivity index (χ0v) is 11.5. The Balaban J connectivity index is 2.95. The number of amides is 1. The molecular formula is C13H15F3N2O3. The van der Waals surface area contributed by atoms with Gasteiger partial charge in [-0.1, -0.05) is 13.8 Å². The van der Waals surface area contributed by atoms with E-state index in [1.54, 1.807) is 13.8 Å². The van der Waals surface area contributed by atoms with Crippen molar-refractivity contribution >= 4 is 11.9 Å². The van der Waals surface area contributed by atoms with Crippen molar-refractivity contribution in [1.82, 2.24) is 9.88 Å². The highest BCUT2D eigenvalue weighted by Crippen LogP contribution is 2.28. The van der Waals surface area contributed by atoms with Gasteiger partial charge in [-0.2, -0.15) is 13.2 Å². The summed E-state index contributed by atoms with van der Waals surface area (Å²) in [5.74, 6) is -1.89. The number of carbonyl (C=O) groups excluding carboxylic acids is 1. The fraction of sp³-hybridized carbons (Fsp3) is 0.462. The first-order chi connectivity index (χ1) is 9.61. The number of carboxylic acid groups (broad SMARTS) is 1. The van der Waals surface area contributed by atoms with E-state index in [4.69, 9.17) is 5.11 Å². The van der Waals surface area contributed by atoms with E-state index in [2.05, 4.69) is 4.98 Å². The molecule has 0 unspecified atom stereocenters. The number of alkyl halides is 3. The first-order valence-corrected chi connectivity index (χ1v) is 6.15. The van der Waals surface area contributed by atoms with E-state index in [0.717, 1.165) is 17.0 Å². The summed E-state index contributed by atoms with van der Waals surface area (Å²) in [5, 5.41) is 8.78. The van der Waals surface area contributed by atoms with Crippen LogP contribution in [0.2, 0.25) is 0 Å². The maximum Gasteiger partial charge on any atom is 0.417 e. The van der Waals surface area contributed by atoms with Crippen molar-refractivity contribution in [3.8, 4) is 0 Å². The molecule has 0 atom stereocenters. The van der Waals surface area contributed by atoms with Crippen LogP contribution in [0.4, 0.5) is 13.2 Å². The van der Waals surface area contributed by atoms with Gasteiger partial charge in [0, 0.05) is 12.7 Å². The average molecular weight is 304 g/mol. The molecule has 0 aromatic carbocycles. The summed E-state index contributed by atoms with van der Waals surface area (Å²) in [5.41, 5.74) is -1.18. The number of hydrogen-bond donors (Lipinski definition) is 1. The molecule has 21 heavy (non-hydrogen) atoms. The number of carbonyl (C=O) groups is 2. The van der Waals surface area contributed by atoms with Gasteiger partial charge in [0.15, 0.2) is 0 Å². The van der Waals surface area contributed by atoms with E-state index in [9.17, 15) is 22.8 Å². The van der Waals surface area contributed by atoms with E-state index in [1.807, 2.05) is 0 Å². The van der Waals surface area contributed by atoms with Crippen molar-refractivity contribution < 1.29 is 27.9 Å². The normalized spacial score (nSPS) is 11.5. The number of aliphatic carboxylic acids is 1. The molecule has 1 rings (SSSR count). The van der Waals surface area contributed by atoms with E-state index < -0.39 is 30.2 Å². The van der Waals surface area contributed by atoms with Gasteiger partial charge in [-0.3, -0.25) is 14.6 Å². The largest absolute Gasteiger partial charge is 0.480 e. The molecule has 0 aliphatic heterocycles. The first-order valence-electron chi connectivity index (χ1n) is 6.15. The summed E-state index contributed by atoms with van der Waals surface area (Å²) in [6.45, 7) is 3.23. The summed E-state index contributed by atoms with van der Waals surface area (Å²) < 4.78 is 37.2. The number of carboxylic acids is 1. The van der Waals surface area contributed by atoms with Crippen LogP contribution in [-0.2, 0) is 11.0 Å². The van der Waals surface area contributed by atoms with Crippen LogP contribution in [-0.4, -0.2) is 40.0 Å². The van der Waals surface area contributed by atoms with Crippen LogP contribution in [0.1, 0.15) is 29.9 Å². The van der Waals surface area contributed by atoms with Gasteiger partial charge >= 0.3 is 12.1 Å². The summed E-state index contributed by atoms with van der Waals surface area (Å²) in [4.78, 5) is 27.4. The maximum absolute atomic E-state index is 12.4. The first kappa shape index (κ1) is 16.9. The zero-order chi connectivity index (χ0) is 16.2. The SMILES string of the molecule is CC(C)CN(CC(=O)O)C(=O)c1ccc(C(F)(F)F)cn1. The van der Waals surface area contributed by atoms with Crippen molar-refractivity contribution in [3.05, 3.63) is 29.6 Å². The number of rotatable bonds is 5. The fourth-order valence-electron chi connectivity index (χ4n) is 1.67. The number of nitrogens with zero attached hydrogens (tertiary/aromatic N) is 2. The van der Waals surface area contributed by atoms with Crippen molar-refractivity contribution in [2.75, 3.05) is 13.1 Å². The zero-order valence-electron chi connectivity index (χ0n) is 11.5. The molecule has 0 bridgehead atoms. The highest BCUT2D eigenvalue weighted by Gasteiger charge is 2.31. The fourth-order valence-corrected chi connectivity index (χ4v) is 1.67. The lowest BCUT2D eigenvalue weighted by molar-refractivity contribution is -0.138. The number of pyridine rings is 1. The molecule has 1 aromatic rings. The van der Waals surface area contributed by atoms with Crippen LogP contribution < -0.4 is 0 Å². The molecule has 0 fully saturated rings. The van der Waals surface area contributed by atoms with Crippen molar-refractivity contribution in [3.63, 3.8) is 0 Å². The second-order valence-electron chi connectivity index (χ2n) is 4.90. The molecular weight excluding hydrogens is 289 g/mol. The third kappa shape index (κ3) is 5.05. The van der Waals surface area contributed by atoms with Crippen LogP contribution in [0.3, 0.4) is 0 Å². The van der Waals surface area contributed by atoms with Gasteiger partial charge in [0.1, 0.15) is 12.2 Å². The Labute approximate surface area is 119 Å². The van der Waals surface area contributed by atoms with Gasteiger partial charge in [0.2, 0.25) is 0 Å².